The standard InChI is InChI=1S/C20H21BrN4O2S/c21-15-8-10-18(11-9-15)28(26,27)23-14-16-13-20(19-7-3-4-12-22-19)25(24-16)17-5-1-2-6-17/h3-4,7-13,17,23H,1-2,5-6,14H2. The Labute approximate surface area is 173 Å². The van der Waals surface area contributed by atoms with Gasteiger partial charge in [-0.3, -0.25) is 9.67 Å². The molecule has 1 fully saturated rings. The van der Waals surface area contributed by atoms with E-state index in [4.69, 9.17) is 5.10 Å². The fourth-order valence-corrected chi connectivity index (χ4v) is 4.79. The summed E-state index contributed by atoms with van der Waals surface area (Å²) in [5.74, 6) is 0. The molecule has 3 aromatic rings. The van der Waals surface area contributed by atoms with Crippen molar-refractivity contribution in [1.82, 2.24) is 19.5 Å². The number of benzene rings is 1. The van der Waals surface area contributed by atoms with Gasteiger partial charge in [-0.15, -0.1) is 0 Å². The molecule has 1 saturated carbocycles. The Morgan fingerprint density at radius 3 is 2.54 bits per heavy atom. The maximum absolute atomic E-state index is 12.6. The number of sulfonamides is 1. The van der Waals surface area contributed by atoms with Gasteiger partial charge in [0.2, 0.25) is 10.0 Å². The molecule has 4 rings (SSSR count). The van der Waals surface area contributed by atoms with E-state index < -0.39 is 10.0 Å². The molecule has 0 atom stereocenters. The molecule has 0 amide bonds. The van der Waals surface area contributed by atoms with Gasteiger partial charge >= 0.3 is 0 Å². The van der Waals surface area contributed by atoms with Gasteiger partial charge in [-0.1, -0.05) is 34.8 Å². The molecule has 1 aromatic carbocycles. The van der Waals surface area contributed by atoms with E-state index in [2.05, 4.69) is 25.6 Å². The van der Waals surface area contributed by atoms with Gasteiger partial charge in [-0.2, -0.15) is 5.10 Å². The minimum atomic E-state index is -3.60. The summed E-state index contributed by atoms with van der Waals surface area (Å²) >= 11 is 3.32. The summed E-state index contributed by atoms with van der Waals surface area (Å²) in [6, 6.07) is 14.6. The molecule has 0 bridgehead atoms. The third kappa shape index (κ3) is 4.19. The molecule has 0 unspecified atom stereocenters. The summed E-state index contributed by atoms with van der Waals surface area (Å²) in [7, 11) is -3.60. The number of aromatic nitrogens is 3. The van der Waals surface area contributed by atoms with Crippen molar-refractivity contribution in [2.24, 2.45) is 0 Å². The van der Waals surface area contributed by atoms with Gasteiger partial charge in [0.15, 0.2) is 0 Å². The molecule has 2 heterocycles. The van der Waals surface area contributed by atoms with Crippen LogP contribution in [0.4, 0.5) is 0 Å². The number of halogens is 1. The van der Waals surface area contributed by atoms with Crippen LogP contribution in [0.5, 0.6) is 0 Å². The molecule has 28 heavy (non-hydrogen) atoms. The molecule has 0 saturated heterocycles. The Morgan fingerprint density at radius 1 is 1.11 bits per heavy atom. The molecular formula is C20H21BrN4O2S. The van der Waals surface area contributed by atoms with Crippen LogP contribution < -0.4 is 4.72 Å². The molecule has 6 nitrogen and oxygen atoms in total. The summed E-state index contributed by atoms with van der Waals surface area (Å²) in [6.07, 6.45) is 6.32. The van der Waals surface area contributed by atoms with Crippen LogP contribution in [0.25, 0.3) is 11.4 Å². The largest absolute Gasteiger partial charge is 0.260 e. The van der Waals surface area contributed by atoms with Crippen molar-refractivity contribution < 1.29 is 8.42 Å². The second-order valence-corrected chi connectivity index (χ2v) is 9.58. The molecule has 1 N–H and O–H groups in total. The lowest BCUT2D eigenvalue weighted by molar-refractivity contribution is 0.466. The van der Waals surface area contributed by atoms with Crippen LogP contribution in [-0.4, -0.2) is 23.2 Å². The van der Waals surface area contributed by atoms with Gasteiger partial charge in [0.05, 0.1) is 34.6 Å². The number of pyridine rings is 1. The average Bonchev–Trinajstić information content (AvgIpc) is 3.37. The smallest absolute Gasteiger partial charge is 0.240 e. The molecular weight excluding hydrogens is 440 g/mol. The predicted molar refractivity (Wildman–Crippen MR) is 111 cm³/mol. The second kappa shape index (κ2) is 8.14. The summed E-state index contributed by atoms with van der Waals surface area (Å²) in [4.78, 5) is 4.69. The third-order valence-corrected chi connectivity index (χ3v) is 6.90. The molecule has 0 spiro atoms. The number of hydrogen-bond donors (Lipinski definition) is 1. The Balaban J connectivity index is 1.59. The lowest BCUT2D eigenvalue weighted by atomic mass is 10.2. The summed E-state index contributed by atoms with van der Waals surface area (Å²) < 4.78 is 30.6. The van der Waals surface area contributed by atoms with Crippen molar-refractivity contribution in [3.63, 3.8) is 0 Å². The van der Waals surface area contributed by atoms with E-state index in [-0.39, 0.29) is 11.4 Å². The van der Waals surface area contributed by atoms with Crippen LogP contribution in [0.15, 0.2) is 64.1 Å². The number of rotatable bonds is 6. The molecule has 0 aliphatic heterocycles. The Hall–Kier alpha value is -2.03. The van der Waals surface area contributed by atoms with Gasteiger partial charge in [0, 0.05) is 10.7 Å². The highest BCUT2D eigenvalue weighted by Gasteiger charge is 2.23. The summed E-state index contributed by atoms with van der Waals surface area (Å²) in [5, 5.41) is 4.72. The zero-order chi connectivity index (χ0) is 19.6. The zero-order valence-corrected chi connectivity index (χ0v) is 17.7. The Morgan fingerprint density at radius 2 is 1.86 bits per heavy atom. The van der Waals surface area contributed by atoms with E-state index in [9.17, 15) is 8.42 Å². The first-order valence-corrected chi connectivity index (χ1v) is 11.6. The molecule has 1 aliphatic rings. The Kier molecular flexibility index (Phi) is 5.61. The van der Waals surface area contributed by atoms with Crippen LogP contribution >= 0.6 is 15.9 Å². The summed E-state index contributed by atoms with van der Waals surface area (Å²) in [6.45, 7) is 0.137. The molecule has 8 heteroatoms. The van der Waals surface area contributed by atoms with Crippen molar-refractivity contribution in [2.75, 3.05) is 0 Å². The van der Waals surface area contributed by atoms with Crippen molar-refractivity contribution in [3.05, 3.63) is 64.9 Å². The third-order valence-electron chi connectivity index (χ3n) is 4.95. The van der Waals surface area contributed by atoms with E-state index in [1.807, 2.05) is 28.9 Å². The van der Waals surface area contributed by atoms with Crippen molar-refractivity contribution in [3.8, 4) is 11.4 Å². The van der Waals surface area contributed by atoms with E-state index in [1.54, 1.807) is 30.5 Å². The Bertz CT molecular complexity index is 1040. The van der Waals surface area contributed by atoms with Crippen molar-refractivity contribution in [1.29, 1.82) is 0 Å². The highest BCUT2D eigenvalue weighted by Crippen LogP contribution is 2.33. The number of hydrogen-bond acceptors (Lipinski definition) is 4. The van der Waals surface area contributed by atoms with Crippen LogP contribution in [0.1, 0.15) is 37.4 Å². The topological polar surface area (TPSA) is 76.9 Å². The van der Waals surface area contributed by atoms with Gasteiger partial charge in [-0.05, 0) is 55.3 Å². The molecule has 1 aliphatic carbocycles. The van der Waals surface area contributed by atoms with E-state index in [0.29, 0.717) is 11.7 Å². The highest BCUT2D eigenvalue weighted by molar-refractivity contribution is 9.10. The monoisotopic (exact) mass is 460 g/mol. The SMILES string of the molecule is O=S(=O)(NCc1cc(-c2ccccn2)n(C2CCCC2)n1)c1ccc(Br)cc1. The minimum Gasteiger partial charge on any atom is -0.260 e. The first-order chi connectivity index (χ1) is 13.5. The fourth-order valence-electron chi connectivity index (χ4n) is 3.53. The normalized spacial score (nSPS) is 15.2. The van der Waals surface area contributed by atoms with Crippen LogP contribution in [0, 0.1) is 0 Å². The maximum atomic E-state index is 12.6. The summed E-state index contributed by atoms with van der Waals surface area (Å²) in [5.41, 5.74) is 2.47. The fraction of sp³-hybridized carbons (Fsp3) is 0.300. The van der Waals surface area contributed by atoms with Crippen molar-refractivity contribution >= 4 is 26.0 Å². The van der Waals surface area contributed by atoms with E-state index >= 15 is 0 Å². The lowest BCUT2D eigenvalue weighted by Gasteiger charge is -2.13. The molecule has 146 valence electrons. The van der Waals surface area contributed by atoms with E-state index in [0.717, 1.165) is 28.7 Å². The average molecular weight is 461 g/mol. The zero-order valence-electron chi connectivity index (χ0n) is 15.3. The first kappa shape index (κ1) is 19.3. The maximum Gasteiger partial charge on any atom is 0.240 e. The molecule has 2 aromatic heterocycles. The second-order valence-electron chi connectivity index (χ2n) is 6.90. The minimum absolute atomic E-state index is 0.137. The number of nitrogens with one attached hydrogen (secondary N) is 1. The van der Waals surface area contributed by atoms with Gasteiger partial charge in [0.25, 0.3) is 0 Å². The first-order valence-electron chi connectivity index (χ1n) is 9.28. The van der Waals surface area contributed by atoms with Gasteiger partial charge < -0.3 is 0 Å². The lowest BCUT2D eigenvalue weighted by Crippen LogP contribution is -2.23. The van der Waals surface area contributed by atoms with Crippen LogP contribution in [0.2, 0.25) is 0 Å². The predicted octanol–water partition coefficient (Wildman–Crippen LogP) is 4.30. The number of nitrogens with zero attached hydrogens (tertiary/aromatic N) is 3. The van der Waals surface area contributed by atoms with Crippen LogP contribution in [0.3, 0.4) is 0 Å². The van der Waals surface area contributed by atoms with Crippen molar-refractivity contribution in [2.45, 2.75) is 43.2 Å². The quantitative estimate of drug-likeness (QED) is 0.594. The van der Waals surface area contributed by atoms with Gasteiger partial charge in [0.1, 0.15) is 0 Å². The highest BCUT2D eigenvalue weighted by atomic mass is 79.9. The van der Waals surface area contributed by atoms with Crippen LogP contribution in [-0.2, 0) is 16.6 Å². The van der Waals surface area contributed by atoms with E-state index in [1.165, 1.54) is 12.8 Å². The molecule has 0 radical (unpaired) electrons. The van der Waals surface area contributed by atoms with Gasteiger partial charge in [-0.25, -0.2) is 13.1 Å².